The Labute approximate surface area is 158 Å². The minimum Gasteiger partial charge on any atom is -0.461 e. The lowest BCUT2D eigenvalue weighted by Gasteiger charge is -2.07. The summed E-state index contributed by atoms with van der Waals surface area (Å²) in [5, 5.41) is 0.715. The zero-order valence-electron chi connectivity index (χ0n) is 13.9. The topological polar surface area (TPSA) is 73.6 Å². The molecule has 0 radical (unpaired) electrons. The molecule has 0 spiro atoms. The lowest BCUT2D eigenvalue weighted by atomic mass is 10.1. The molecule has 0 unspecified atom stereocenters. The van der Waals surface area contributed by atoms with Gasteiger partial charge in [-0.15, -0.1) is 11.3 Å². The predicted molar refractivity (Wildman–Crippen MR) is 99.9 cm³/mol. The number of rotatable bonds is 6. The van der Waals surface area contributed by atoms with Gasteiger partial charge >= 0.3 is 11.6 Å². The van der Waals surface area contributed by atoms with E-state index in [1.54, 1.807) is 18.2 Å². The number of benzene rings is 1. The van der Waals surface area contributed by atoms with Gasteiger partial charge in [-0.2, -0.15) is 0 Å². The summed E-state index contributed by atoms with van der Waals surface area (Å²) >= 11 is 6.98. The highest BCUT2D eigenvalue weighted by atomic mass is 35.5. The monoisotopic (exact) mass is 390 g/mol. The summed E-state index contributed by atoms with van der Waals surface area (Å²) in [6, 6.07) is 10.1. The highest BCUT2D eigenvalue weighted by Gasteiger charge is 2.13. The number of ketones is 1. The quantitative estimate of drug-likeness (QED) is 0.351. The van der Waals surface area contributed by atoms with Crippen molar-refractivity contribution in [1.29, 1.82) is 0 Å². The molecule has 0 aliphatic carbocycles. The van der Waals surface area contributed by atoms with Crippen LogP contribution < -0.4 is 5.63 Å². The second-order valence-corrected chi connectivity index (χ2v) is 7.49. The van der Waals surface area contributed by atoms with Crippen LogP contribution in [0.15, 0.2) is 45.6 Å². The normalized spacial score (nSPS) is 10.8. The van der Waals surface area contributed by atoms with Crippen LogP contribution in [0.25, 0.3) is 11.0 Å². The van der Waals surface area contributed by atoms with Crippen molar-refractivity contribution in [2.45, 2.75) is 26.4 Å². The van der Waals surface area contributed by atoms with Gasteiger partial charge in [-0.3, -0.25) is 9.59 Å². The SMILES string of the molecule is Cc1ccc2c(COC(=O)CCC(=O)c3ccc(Cl)s3)cc(=O)oc2c1. The smallest absolute Gasteiger partial charge is 0.336 e. The number of halogens is 1. The van der Waals surface area contributed by atoms with E-state index in [9.17, 15) is 14.4 Å². The van der Waals surface area contributed by atoms with Gasteiger partial charge in [0.05, 0.1) is 15.6 Å². The van der Waals surface area contributed by atoms with E-state index in [1.807, 2.05) is 19.1 Å². The number of thiophene rings is 1. The van der Waals surface area contributed by atoms with Gasteiger partial charge in [-0.05, 0) is 30.7 Å². The average Bonchev–Trinajstić information content (AvgIpc) is 3.03. The zero-order valence-corrected chi connectivity index (χ0v) is 15.5. The molecular formula is C19H15ClO5S. The van der Waals surface area contributed by atoms with Crippen molar-refractivity contribution in [2.24, 2.45) is 0 Å². The Morgan fingerprint density at radius 2 is 1.96 bits per heavy atom. The molecule has 0 aliphatic heterocycles. The minimum absolute atomic E-state index is 0.0349. The Morgan fingerprint density at radius 1 is 1.15 bits per heavy atom. The van der Waals surface area contributed by atoms with Gasteiger partial charge in [0.2, 0.25) is 0 Å². The van der Waals surface area contributed by atoms with Gasteiger partial charge < -0.3 is 9.15 Å². The third-order valence-corrected chi connectivity index (χ3v) is 5.05. The summed E-state index contributed by atoms with van der Waals surface area (Å²) in [5.41, 5.74) is 1.48. The van der Waals surface area contributed by atoms with Crippen molar-refractivity contribution >= 4 is 45.7 Å². The zero-order chi connectivity index (χ0) is 18.7. The van der Waals surface area contributed by atoms with E-state index < -0.39 is 11.6 Å². The molecule has 0 aliphatic rings. The Morgan fingerprint density at radius 3 is 2.69 bits per heavy atom. The molecule has 0 amide bonds. The number of Topliss-reactive ketones (excluding diaryl/α,β-unsaturated/α-hetero) is 1. The number of carbonyl (C=O) groups excluding carboxylic acids is 2. The molecule has 0 bridgehead atoms. The largest absolute Gasteiger partial charge is 0.461 e. The van der Waals surface area contributed by atoms with Crippen molar-refractivity contribution in [3.8, 4) is 0 Å². The summed E-state index contributed by atoms with van der Waals surface area (Å²) in [7, 11) is 0. The van der Waals surface area contributed by atoms with Gasteiger partial charge in [0.25, 0.3) is 0 Å². The fraction of sp³-hybridized carbons (Fsp3) is 0.211. The molecule has 5 nitrogen and oxygen atoms in total. The van der Waals surface area contributed by atoms with E-state index in [4.69, 9.17) is 20.8 Å². The molecule has 2 aromatic heterocycles. The third-order valence-electron chi connectivity index (χ3n) is 3.78. The molecule has 0 saturated heterocycles. The van der Waals surface area contributed by atoms with Crippen molar-refractivity contribution in [2.75, 3.05) is 0 Å². The number of ether oxygens (including phenoxy) is 1. The Bertz CT molecular complexity index is 1030. The highest BCUT2D eigenvalue weighted by molar-refractivity contribution is 7.18. The van der Waals surface area contributed by atoms with Crippen LogP contribution in [-0.2, 0) is 16.1 Å². The molecule has 3 rings (SSSR count). The van der Waals surface area contributed by atoms with Crippen LogP contribution >= 0.6 is 22.9 Å². The number of esters is 1. The van der Waals surface area contributed by atoms with Gasteiger partial charge in [0.15, 0.2) is 5.78 Å². The van der Waals surface area contributed by atoms with Crippen molar-refractivity contribution in [3.63, 3.8) is 0 Å². The second kappa shape index (κ2) is 7.85. The number of fused-ring (bicyclic) bond motifs is 1. The average molecular weight is 391 g/mol. The molecule has 1 aromatic carbocycles. The van der Waals surface area contributed by atoms with E-state index in [1.165, 1.54) is 17.4 Å². The predicted octanol–water partition coefficient (Wildman–Crippen LogP) is 4.52. The standard InChI is InChI=1S/C19H15ClO5S/c1-11-2-3-13-12(9-19(23)25-15(13)8-11)10-24-18(22)7-4-14(21)16-5-6-17(20)26-16/h2-3,5-6,8-9H,4,7,10H2,1H3. The van der Waals surface area contributed by atoms with Crippen molar-refractivity contribution < 1.29 is 18.7 Å². The van der Waals surface area contributed by atoms with Crippen LogP contribution in [-0.4, -0.2) is 11.8 Å². The Hall–Kier alpha value is -2.44. The maximum Gasteiger partial charge on any atom is 0.336 e. The third kappa shape index (κ3) is 4.39. The van der Waals surface area contributed by atoms with Crippen molar-refractivity contribution in [3.05, 3.63) is 67.2 Å². The van der Waals surface area contributed by atoms with Gasteiger partial charge in [-0.25, -0.2) is 4.79 Å². The van der Waals surface area contributed by atoms with E-state index in [2.05, 4.69) is 0 Å². The van der Waals surface area contributed by atoms with Crippen LogP contribution in [0.1, 0.15) is 33.6 Å². The lowest BCUT2D eigenvalue weighted by molar-refractivity contribution is -0.144. The molecule has 2 heterocycles. The highest BCUT2D eigenvalue weighted by Crippen LogP contribution is 2.23. The molecule has 0 atom stereocenters. The summed E-state index contributed by atoms with van der Waals surface area (Å²) in [6.07, 6.45) is 0.0133. The number of hydrogen-bond acceptors (Lipinski definition) is 6. The van der Waals surface area contributed by atoms with Gasteiger partial charge in [-0.1, -0.05) is 23.7 Å². The minimum atomic E-state index is -0.505. The summed E-state index contributed by atoms with van der Waals surface area (Å²) < 4.78 is 10.9. The molecule has 0 fully saturated rings. The molecule has 26 heavy (non-hydrogen) atoms. The van der Waals surface area contributed by atoms with Crippen LogP contribution in [0.3, 0.4) is 0 Å². The summed E-state index contributed by atoms with van der Waals surface area (Å²) in [4.78, 5) is 36.1. The Kier molecular flexibility index (Phi) is 5.54. The van der Waals surface area contributed by atoms with Gasteiger partial charge in [0, 0.05) is 23.4 Å². The maximum absolute atomic E-state index is 12.0. The van der Waals surface area contributed by atoms with Crippen LogP contribution in [0.5, 0.6) is 0 Å². The van der Waals surface area contributed by atoms with Crippen LogP contribution in [0.4, 0.5) is 0 Å². The first-order valence-corrected chi connectivity index (χ1v) is 9.09. The van der Waals surface area contributed by atoms with E-state index in [-0.39, 0.29) is 25.2 Å². The number of hydrogen-bond donors (Lipinski definition) is 0. The second-order valence-electron chi connectivity index (χ2n) is 5.78. The molecule has 3 aromatic rings. The van der Waals surface area contributed by atoms with Crippen molar-refractivity contribution in [1.82, 2.24) is 0 Å². The molecule has 0 N–H and O–H groups in total. The molecule has 0 saturated carbocycles. The maximum atomic E-state index is 12.0. The van der Waals surface area contributed by atoms with E-state index in [0.717, 1.165) is 5.56 Å². The Balaban J connectivity index is 1.62. The first-order chi connectivity index (χ1) is 12.4. The first kappa shape index (κ1) is 18.4. The number of carbonyl (C=O) groups is 2. The molecule has 7 heteroatoms. The number of aryl methyl sites for hydroxylation is 1. The molecule has 134 valence electrons. The summed E-state index contributed by atoms with van der Waals surface area (Å²) in [5.74, 6) is -0.658. The first-order valence-electron chi connectivity index (χ1n) is 7.90. The lowest BCUT2D eigenvalue weighted by Crippen LogP contribution is -2.09. The van der Waals surface area contributed by atoms with Crippen LogP contribution in [0.2, 0.25) is 4.34 Å². The fourth-order valence-electron chi connectivity index (χ4n) is 2.49. The van der Waals surface area contributed by atoms with E-state index in [0.29, 0.717) is 25.7 Å². The fourth-order valence-corrected chi connectivity index (χ4v) is 3.50. The van der Waals surface area contributed by atoms with E-state index >= 15 is 0 Å². The van der Waals surface area contributed by atoms with Crippen LogP contribution in [0, 0.1) is 6.92 Å². The summed E-state index contributed by atoms with van der Waals surface area (Å²) in [6.45, 7) is 1.84. The molecular weight excluding hydrogens is 376 g/mol. The van der Waals surface area contributed by atoms with Gasteiger partial charge in [0.1, 0.15) is 12.2 Å².